The average Bonchev–Trinajstić information content (AvgIpc) is 2.29. The monoisotopic (exact) mass is 200 g/mol. The lowest BCUT2D eigenvalue weighted by Gasteiger charge is -2.10. The maximum Gasteiger partial charge on any atom is 0.0790 e. The van der Waals surface area contributed by atoms with Gasteiger partial charge in [0.25, 0.3) is 0 Å². The van der Waals surface area contributed by atoms with E-state index in [-0.39, 0.29) is 6.10 Å². The second-order valence-corrected chi connectivity index (χ2v) is 3.91. The van der Waals surface area contributed by atoms with E-state index in [4.69, 9.17) is 0 Å². The first-order valence-corrected chi connectivity index (χ1v) is 5.48. The summed E-state index contributed by atoms with van der Waals surface area (Å²) in [7, 11) is 0. The summed E-state index contributed by atoms with van der Waals surface area (Å²) in [5, 5.41) is 12.3. The van der Waals surface area contributed by atoms with Crippen molar-refractivity contribution in [3.8, 4) is 0 Å². The molecular formula is C14H16O. The predicted octanol–water partition coefficient (Wildman–Crippen LogP) is 3.67. The van der Waals surface area contributed by atoms with Crippen molar-refractivity contribution in [3.63, 3.8) is 0 Å². The van der Waals surface area contributed by atoms with E-state index in [9.17, 15) is 5.11 Å². The van der Waals surface area contributed by atoms with Crippen LogP contribution in [0.15, 0.2) is 42.5 Å². The van der Waals surface area contributed by atoms with E-state index in [0.29, 0.717) is 0 Å². The topological polar surface area (TPSA) is 20.2 Å². The Labute approximate surface area is 90.4 Å². The van der Waals surface area contributed by atoms with Crippen LogP contribution in [0.1, 0.15) is 31.4 Å². The Morgan fingerprint density at radius 2 is 1.80 bits per heavy atom. The molecule has 0 aliphatic heterocycles. The van der Waals surface area contributed by atoms with Crippen LogP contribution in [0.2, 0.25) is 0 Å². The largest absolute Gasteiger partial charge is 0.388 e. The number of aliphatic hydroxyl groups is 1. The van der Waals surface area contributed by atoms with E-state index in [1.54, 1.807) is 0 Å². The van der Waals surface area contributed by atoms with Crippen molar-refractivity contribution in [1.82, 2.24) is 0 Å². The Hall–Kier alpha value is -1.34. The van der Waals surface area contributed by atoms with Crippen LogP contribution in [0.4, 0.5) is 0 Å². The van der Waals surface area contributed by atoms with Crippen molar-refractivity contribution >= 4 is 10.8 Å². The molecule has 0 aliphatic rings. The Bertz CT molecular complexity index is 448. The number of hydrogen-bond acceptors (Lipinski definition) is 1. The summed E-state index contributed by atoms with van der Waals surface area (Å²) in [6.45, 7) is 2.09. The molecule has 2 aromatic carbocycles. The highest BCUT2D eigenvalue weighted by Gasteiger charge is 2.06. The molecule has 0 aliphatic carbocycles. The van der Waals surface area contributed by atoms with Crippen LogP contribution in [0.3, 0.4) is 0 Å². The Morgan fingerprint density at radius 1 is 1.07 bits per heavy atom. The fraction of sp³-hybridized carbons (Fsp3) is 0.286. The Balaban J connectivity index is 2.38. The molecule has 0 amide bonds. The third-order valence-corrected chi connectivity index (χ3v) is 2.72. The molecule has 0 fully saturated rings. The van der Waals surface area contributed by atoms with Gasteiger partial charge in [0.15, 0.2) is 0 Å². The molecule has 78 valence electrons. The van der Waals surface area contributed by atoms with Crippen molar-refractivity contribution in [2.75, 3.05) is 0 Å². The smallest absolute Gasteiger partial charge is 0.0790 e. The molecule has 15 heavy (non-hydrogen) atoms. The van der Waals surface area contributed by atoms with Gasteiger partial charge in [0, 0.05) is 0 Å². The van der Waals surface area contributed by atoms with Gasteiger partial charge < -0.3 is 5.11 Å². The molecule has 1 nitrogen and oxygen atoms in total. The van der Waals surface area contributed by atoms with E-state index in [2.05, 4.69) is 31.2 Å². The number of rotatable bonds is 3. The molecule has 0 heterocycles. The van der Waals surface area contributed by atoms with Gasteiger partial charge in [-0.15, -0.1) is 0 Å². The van der Waals surface area contributed by atoms with Gasteiger partial charge in [0.1, 0.15) is 0 Å². The van der Waals surface area contributed by atoms with Gasteiger partial charge >= 0.3 is 0 Å². The second-order valence-electron chi connectivity index (χ2n) is 3.91. The van der Waals surface area contributed by atoms with Crippen molar-refractivity contribution < 1.29 is 5.11 Å². The summed E-state index contributed by atoms with van der Waals surface area (Å²) in [5.74, 6) is 0. The molecule has 2 rings (SSSR count). The first-order chi connectivity index (χ1) is 7.31. The summed E-state index contributed by atoms with van der Waals surface area (Å²) < 4.78 is 0. The zero-order valence-corrected chi connectivity index (χ0v) is 8.98. The van der Waals surface area contributed by atoms with Crippen LogP contribution in [0, 0.1) is 0 Å². The minimum atomic E-state index is -0.320. The SMILES string of the molecule is CCC[C@H](O)c1ccc2ccccc2c1. The Morgan fingerprint density at radius 3 is 2.53 bits per heavy atom. The molecule has 0 bridgehead atoms. The minimum absolute atomic E-state index is 0.320. The number of aliphatic hydroxyl groups excluding tert-OH is 1. The van der Waals surface area contributed by atoms with Gasteiger partial charge in [0.05, 0.1) is 6.10 Å². The molecule has 0 spiro atoms. The number of hydrogen-bond donors (Lipinski definition) is 1. The zero-order valence-electron chi connectivity index (χ0n) is 8.98. The molecule has 1 heteroatoms. The van der Waals surface area contributed by atoms with Crippen LogP contribution in [-0.2, 0) is 0 Å². The third kappa shape index (κ3) is 2.18. The highest BCUT2D eigenvalue weighted by Crippen LogP contribution is 2.22. The van der Waals surface area contributed by atoms with E-state index in [1.165, 1.54) is 10.8 Å². The highest BCUT2D eigenvalue weighted by atomic mass is 16.3. The zero-order chi connectivity index (χ0) is 10.7. The molecule has 1 N–H and O–H groups in total. The van der Waals surface area contributed by atoms with Crippen LogP contribution in [0.25, 0.3) is 10.8 Å². The number of fused-ring (bicyclic) bond motifs is 1. The molecule has 2 aromatic rings. The first kappa shape index (κ1) is 10.2. The standard InChI is InChI=1S/C14H16O/c1-2-5-14(15)13-9-8-11-6-3-4-7-12(11)10-13/h3-4,6-10,14-15H,2,5H2,1H3/t14-/m0/s1. The second kappa shape index (κ2) is 4.45. The molecule has 0 saturated heterocycles. The molecule has 0 radical (unpaired) electrons. The van der Waals surface area contributed by atoms with Crippen LogP contribution in [-0.4, -0.2) is 5.11 Å². The molecule has 0 saturated carbocycles. The molecule has 1 atom stereocenters. The summed E-state index contributed by atoms with van der Waals surface area (Å²) in [4.78, 5) is 0. The fourth-order valence-corrected chi connectivity index (χ4v) is 1.86. The van der Waals surface area contributed by atoms with Crippen molar-refractivity contribution in [2.45, 2.75) is 25.9 Å². The minimum Gasteiger partial charge on any atom is -0.388 e. The lowest BCUT2D eigenvalue weighted by atomic mass is 10.0. The lowest BCUT2D eigenvalue weighted by molar-refractivity contribution is 0.166. The normalized spacial score (nSPS) is 12.9. The lowest BCUT2D eigenvalue weighted by Crippen LogP contribution is -1.96. The summed E-state index contributed by atoms with van der Waals surface area (Å²) in [6.07, 6.45) is 1.52. The van der Waals surface area contributed by atoms with Gasteiger partial charge in [0.2, 0.25) is 0 Å². The highest BCUT2D eigenvalue weighted by molar-refractivity contribution is 5.83. The van der Waals surface area contributed by atoms with Crippen molar-refractivity contribution in [1.29, 1.82) is 0 Å². The van der Waals surface area contributed by atoms with Crippen LogP contribution < -0.4 is 0 Å². The molecular weight excluding hydrogens is 184 g/mol. The molecule has 0 unspecified atom stereocenters. The quantitative estimate of drug-likeness (QED) is 0.801. The predicted molar refractivity (Wildman–Crippen MR) is 63.8 cm³/mol. The maximum atomic E-state index is 9.88. The van der Waals surface area contributed by atoms with Gasteiger partial charge in [-0.3, -0.25) is 0 Å². The summed E-state index contributed by atoms with van der Waals surface area (Å²) in [5.41, 5.74) is 1.02. The third-order valence-electron chi connectivity index (χ3n) is 2.72. The first-order valence-electron chi connectivity index (χ1n) is 5.48. The van der Waals surface area contributed by atoms with Gasteiger partial charge in [-0.25, -0.2) is 0 Å². The summed E-state index contributed by atoms with van der Waals surface area (Å²) in [6, 6.07) is 14.4. The maximum absolute atomic E-state index is 9.88. The average molecular weight is 200 g/mol. The van der Waals surface area contributed by atoms with E-state index in [0.717, 1.165) is 18.4 Å². The fourth-order valence-electron chi connectivity index (χ4n) is 1.86. The van der Waals surface area contributed by atoms with E-state index < -0.39 is 0 Å². The van der Waals surface area contributed by atoms with Crippen LogP contribution in [0.5, 0.6) is 0 Å². The van der Waals surface area contributed by atoms with Gasteiger partial charge in [-0.2, -0.15) is 0 Å². The molecule has 0 aromatic heterocycles. The van der Waals surface area contributed by atoms with E-state index >= 15 is 0 Å². The van der Waals surface area contributed by atoms with Crippen molar-refractivity contribution in [3.05, 3.63) is 48.0 Å². The van der Waals surface area contributed by atoms with Gasteiger partial charge in [-0.05, 0) is 28.8 Å². The van der Waals surface area contributed by atoms with Crippen LogP contribution >= 0.6 is 0 Å². The Kier molecular flexibility index (Phi) is 3.02. The van der Waals surface area contributed by atoms with Crippen molar-refractivity contribution in [2.24, 2.45) is 0 Å². The summed E-state index contributed by atoms with van der Waals surface area (Å²) >= 11 is 0. The number of benzene rings is 2. The van der Waals surface area contributed by atoms with E-state index in [1.807, 2.05) is 18.2 Å². The van der Waals surface area contributed by atoms with Gasteiger partial charge in [-0.1, -0.05) is 49.7 Å².